The molecule has 4 heteroatoms. The molecule has 0 spiro atoms. The number of epoxide rings is 1. The average molecular weight is 247 g/mol. The Hall–Kier alpha value is -0.540. The van der Waals surface area contributed by atoms with Crippen LogP contribution in [0.3, 0.4) is 0 Å². The molecule has 1 aliphatic heterocycles. The van der Waals surface area contributed by atoms with Crippen molar-refractivity contribution in [3.63, 3.8) is 0 Å². The molecular weight excluding hydrogens is 228 g/mol. The molecule has 0 bridgehead atoms. The Bertz CT molecular complexity index is 253. The Balaban J connectivity index is 1.90. The van der Waals surface area contributed by atoms with Gasteiger partial charge in [-0.1, -0.05) is 6.58 Å². The summed E-state index contributed by atoms with van der Waals surface area (Å²) in [4.78, 5) is 11.0. The maximum atomic E-state index is 11.0. The number of unbranched alkanes of at least 4 members (excludes halogenated alkanes) is 1. The van der Waals surface area contributed by atoms with Crippen molar-refractivity contribution in [2.45, 2.75) is 44.8 Å². The molecule has 92 valence electrons. The molecule has 3 nitrogen and oxygen atoms in total. The van der Waals surface area contributed by atoms with E-state index in [0.717, 1.165) is 25.7 Å². The van der Waals surface area contributed by atoms with Gasteiger partial charge in [0.25, 0.3) is 0 Å². The van der Waals surface area contributed by atoms with Crippen LogP contribution < -0.4 is 0 Å². The molecule has 1 rings (SSSR count). The van der Waals surface area contributed by atoms with E-state index in [4.69, 9.17) is 21.1 Å². The minimum Gasteiger partial charge on any atom is -0.462 e. The lowest BCUT2D eigenvalue weighted by molar-refractivity contribution is -0.139. The number of ether oxygens (including phenoxy) is 2. The van der Waals surface area contributed by atoms with Crippen molar-refractivity contribution in [3.8, 4) is 0 Å². The smallest absolute Gasteiger partial charge is 0.333 e. The van der Waals surface area contributed by atoms with E-state index in [0.29, 0.717) is 30.3 Å². The van der Waals surface area contributed by atoms with E-state index in [1.807, 2.05) is 0 Å². The number of carbonyl (C=O) groups excluding carboxylic acids is 1. The molecule has 1 saturated heterocycles. The first-order valence-electron chi connectivity index (χ1n) is 5.69. The molecule has 0 aromatic carbocycles. The van der Waals surface area contributed by atoms with Crippen LogP contribution in [0.25, 0.3) is 0 Å². The third kappa shape index (κ3) is 4.99. The number of esters is 1. The number of carbonyl (C=O) groups is 1. The van der Waals surface area contributed by atoms with Gasteiger partial charge in [-0.05, 0) is 32.6 Å². The van der Waals surface area contributed by atoms with Gasteiger partial charge in [0.1, 0.15) is 0 Å². The van der Waals surface area contributed by atoms with Gasteiger partial charge in [-0.3, -0.25) is 0 Å². The van der Waals surface area contributed by atoms with Gasteiger partial charge in [-0.25, -0.2) is 4.79 Å². The van der Waals surface area contributed by atoms with Crippen LogP contribution in [0.5, 0.6) is 0 Å². The highest BCUT2D eigenvalue weighted by Gasteiger charge is 2.36. The van der Waals surface area contributed by atoms with Crippen molar-refractivity contribution in [3.05, 3.63) is 12.2 Å². The van der Waals surface area contributed by atoms with Crippen molar-refractivity contribution in [2.75, 3.05) is 12.5 Å². The van der Waals surface area contributed by atoms with Gasteiger partial charge in [-0.2, -0.15) is 0 Å². The minimum absolute atomic E-state index is 0.303. The van der Waals surface area contributed by atoms with Crippen LogP contribution in [0.4, 0.5) is 0 Å². The van der Waals surface area contributed by atoms with Crippen LogP contribution in [0.2, 0.25) is 0 Å². The lowest BCUT2D eigenvalue weighted by Gasteiger charge is -2.03. The Morgan fingerprint density at radius 1 is 1.38 bits per heavy atom. The highest BCUT2D eigenvalue weighted by atomic mass is 35.5. The Kier molecular flexibility index (Phi) is 5.85. The molecule has 0 aromatic rings. The highest BCUT2D eigenvalue weighted by Crippen LogP contribution is 2.29. The summed E-state index contributed by atoms with van der Waals surface area (Å²) in [5.41, 5.74) is 0.452. The van der Waals surface area contributed by atoms with Crippen LogP contribution in [-0.4, -0.2) is 30.7 Å². The van der Waals surface area contributed by atoms with Crippen molar-refractivity contribution in [1.29, 1.82) is 0 Å². The summed E-state index contributed by atoms with van der Waals surface area (Å²) in [5.74, 6) is 0.361. The topological polar surface area (TPSA) is 38.8 Å². The molecule has 0 saturated carbocycles. The number of rotatable bonds is 8. The predicted molar refractivity (Wildman–Crippen MR) is 63.6 cm³/mol. The van der Waals surface area contributed by atoms with Crippen LogP contribution in [0, 0.1) is 0 Å². The van der Waals surface area contributed by atoms with Crippen molar-refractivity contribution >= 4 is 17.6 Å². The normalized spacial score (nSPS) is 22.9. The van der Waals surface area contributed by atoms with E-state index in [1.54, 1.807) is 6.92 Å². The van der Waals surface area contributed by atoms with Crippen LogP contribution in [0.15, 0.2) is 12.2 Å². The summed E-state index contributed by atoms with van der Waals surface area (Å²) < 4.78 is 10.4. The fourth-order valence-electron chi connectivity index (χ4n) is 1.53. The summed E-state index contributed by atoms with van der Waals surface area (Å²) in [6, 6.07) is 0. The molecule has 0 aromatic heterocycles. The maximum absolute atomic E-state index is 11.0. The summed E-state index contributed by atoms with van der Waals surface area (Å²) in [6.45, 7) is 5.64. The van der Waals surface area contributed by atoms with E-state index in [9.17, 15) is 4.79 Å². The lowest BCUT2D eigenvalue weighted by Crippen LogP contribution is -2.06. The molecule has 0 aliphatic carbocycles. The van der Waals surface area contributed by atoms with Crippen LogP contribution in [-0.2, 0) is 14.3 Å². The van der Waals surface area contributed by atoms with Crippen molar-refractivity contribution in [2.24, 2.45) is 0 Å². The van der Waals surface area contributed by atoms with Gasteiger partial charge in [0, 0.05) is 11.5 Å². The van der Waals surface area contributed by atoms with E-state index < -0.39 is 0 Å². The van der Waals surface area contributed by atoms with Gasteiger partial charge in [0.15, 0.2) is 0 Å². The van der Waals surface area contributed by atoms with Gasteiger partial charge in [0.2, 0.25) is 0 Å². The third-order valence-corrected chi connectivity index (χ3v) is 2.76. The van der Waals surface area contributed by atoms with Gasteiger partial charge in [0.05, 0.1) is 18.8 Å². The molecule has 2 atom stereocenters. The first-order chi connectivity index (χ1) is 7.65. The van der Waals surface area contributed by atoms with Crippen molar-refractivity contribution < 1.29 is 14.3 Å². The zero-order valence-corrected chi connectivity index (χ0v) is 10.5. The van der Waals surface area contributed by atoms with Crippen LogP contribution in [0.1, 0.15) is 32.6 Å². The molecule has 1 fully saturated rings. The Morgan fingerprint density at radius 3 is 2.69 bits per heavy atom. The second-order valence-electron chi connectivity index (χ2n) is 4.10. The predicted octanol–water partition coefficient (Wildman–Crippen LogP) is 2.67. The second-order valence-corrected chi connectivity index (χ2v) is 4.48. The zero-order chi connectivity index (χ0) is 12.0. The Morgan fingerprint density at radius 2 is 2.06 bits per heavy atom. The molecular formula is C12H19ClO3. The molecule has 0 amide bonds. The average Bonchev–Trinajstić information content (AvgIpc) is 2.96. The van der Waals surface area contributed by atoms with Crippen LogP contribution >= 0.6 is 11.6 Å². The quantitative estimate of drug-likeness (QED) is 0.217. The molecule has 2 unspecified atom stereocenters. The first-order valence-corrected chi connectivity index (χ1v) is 6.22. The van der Waals surface area contributed by atoms with E-state index in [1.165, 1.54) is 0 Å². The number of hydrogen-bond acceptors (Lipinski definition) is 3. The van der Waals surface area contributed by atoms with Gasteiger partial charge >= 0.3 is 5.97 Å². The second kappa shape index (κ2) is 6.92. The lowest BCUT2D eigenvalue weighted by atomic mass is 10.1. The Labute approximate surface area is 102 Å². The van der Waals surface area contributed by atoms with Gasteiger partial charge in [-0.15, -0.1) is 11.6 Å². The first kappa shape index (κ1) is 13.5. The molecule has 0 radical (unpaired) electrons. The largest absolute Gasteiger partial charge is 0.462 e. The minimum atomic E-state index is -0.303. The molecule has 1 heterocycles. The maximum Gasteiger partial charge on any atom is 0.333 e. The van der Waals surface area contributed by atoms with E-state index >= 15 is 0 Å². The monoisotopic (exact) mass is 246 g/mol. The summed E-state index contributed by atoms with van der Waals surface area (Å²) >= 11 is 5.60. The number of halogens is 1. The van der Waals surface area contributed by atoms with Gasteiger partial charge < -0.3 is 9.47 Å². The fraction of sp³-hybridized carbons (Fsp3) is 0.750. The van der Waals surface area contributed by atoms with E-state index in [-0.39, 0.29) is 5.97 Å². The van der Waals surface area contributed by atoms with E-state index in [2.05, 4.69) is 6.58 Å². The number of hydrogen-bond donors (Lipinski definition) is 0. The molecule has 1 aliphatic rings. The molecule has 0 N–H and O–H groups in total. The highest BCUT2D eigenvalue weighted by molar-refractivity contribution is 6.17. The SMILES string of the molecule is C=C(C)C(=O)OCCCCC1OC1CCCl. The number of alkyl halides is 1. The standard InChI is InChI=1S/C12H19ClO3/c1-9(2)12(14)15-8-4-3-5-10-11(16-10)6-7-13/h10-11H,1,3-8H2,2H3. The van der Waals surface area contributed by atoms with Crippen molar-refractivity contribution in [1.82, 2.24) is 0 Å². The molecule has 16 heavy (non-hydrogen) atoms. The fourth-order valence-corrected chi connectivity index (χ4v) is 1.75. The third-order valence-electron chi connectivity index (χ3n) is 2.55. The summed E-state index contributed by atoms with van der Waals surface area (Å²) in [5, 5.41) is 0. The summed E-state index contributed by atoms with van der Waals surface area (Å²) in [6.07, 6.45) is 4.63. The zero-order valence-electron chi connectivity index (χ0n) is 9.71. The summed E-state index contributed by atoms with van der Waals surface area (Å²) in [7, 11) is 0.